The third-order valence-corrected chi connectivity index (χ3v) is 3.49. The molecule has 2 aromatic carbocycles. The molecule has 0 amide bonds. The Morgan fingerprint density at radius 3 is 2.24 bits per heavy atom. The van der Waals surface area contributed by atoms with Gasteiger partial charge in [-0.05, 0) is 29.8 Å². The van der Waals surface area contributed by atoms with E-state index in [9.17, 15) is 4.39 Å². The van der Waals surface area contributed by atoms with Crippen LogP contribution in [0, 0.1) is 5.82 Å². The van der Waals surface area contributed by atoms with Crippen LogP contribution in [0.2, 0.25) is 10.0 Å². The lowest BCUT2D eigenvalue weighted by atomic mass is 10.2. The minimum atomic E-state index is -0.475. The van der Waals surface area contributed by atoms with E-state index < -0.39 is 5.82 Å². The van der Waals surface area contributed by atoms with Gasteiger partial charge in [-0.2, -0.15) is 0 Å². The van der Waals surface area contributed by atoms with Crippen LogP contribution in [0.15, 0.2) is 36.4 Å². The third kappa shape index (κ3) is 4.60. The van der Waals surface area contributed by atoms with Crippen molar-refractivity contribution in [3.05, 3.63) is 57.8 Å². The Bertz CT molecular complexity index is 632. The fourth-order valence-corrected chi connectivity index (χ4v) is 2.13. The Morgan fingerprint density at radius 1 is 1.05 bits per heavy atom. The molecule has 0 atom stereocenters. The summed E-state index contributed by atoms with van der Waals surface area (Å²) in [6.07, 6.45) is 0. The van der Waals surface area contributed by atoms with Gasteiger partial charge < -0.3 is 10.1 Å². The summed E-state index contributed by atoms with van der Waals surface area (Å²) in [6, 6.07) is 10.1. The predicted molar refractivity (Wildman–Crippen MR) is 84.9 cm³/mol. The maximum absolute atomic E-state index is 13.1. The lowest BCUT2D eigenvalue weighted by Crippen LogP contribution is -2.21. The zero-order valence-electron chi connectivity index (χ0n) is 11.8. The molecule has 0 bridgehead atoms. The van der Waals surface area contributed by atoms with Crippen molar-refractivity contribution in [2.45, 2.75) is 26.4 Å². The highest BCUT2D eigenvalue weighted by Crippen LogP contribution is 2.29. The van der Waals surface area contributed by atoms with Crippen molar-refractivity contribution in [1.29, 1.82) is 0 Å². The zero-order chi connectivity index (χ0) is 15.4. The monoisotopic (exact) mass is 327 g/mol. The van der Waals surface area contributed by atoms with E-state index >= 15 is 0 Å². The van der Waals surface area contributed by atoms with E-state index in [1.165, 1.54) is 18.2 Å². The Kier molecular flexibility index (Phi) is 5.45. The largest absolute Gasteiger partial charge is 0.457 e. The molecule has 0 aliphatic carbocycles. The number of rotatable bonds is 5. The van der Waals surface area contributed by atoms with Gasteiger partial charge in [0.2, 0.25) is 0 Å². The minimum absolute atomic E-state index is 0.0244. The fourth-order valence-electron chi connectivity index (χ4n) is 1.73. The van der Waals surface area contributed by atoms with E-state index in [0.29, 0.717) is 29.1 Å². The average Bonchev–Trinajstić information content (AvgIpc) is 2.42. The second-order valence-electron chi connectivity index (χ2n) is 4.97. The molecule has 21 heavy (non-hydrogen) atoms. The number of hydrogen-bond acceptors (Lipinski definition) is 2. The molecule has 0 fully saturated rings. The molecule has 2 rings (SSSR count). The van der Waals surface area contributed by atoms with Gasteiger partial charge in [0.05, 0.1) is 5.02 Å². The number of ether oxygens (including phenoxy) is 1. The van der Waals surface area contributed by atoms with Gasteiger partial charge in [-0.3, -0.25) is 0 Å². The summed E-state index contributed by atoms with van der Waals surface area (Å²) < 4.78 is 18.7. The molecule has 112 valence electrons. The second-order valence-corrected chi connectivity index (χ2v) is 5.78. The first-order valence-corrected chi connectivity index (χ1v) is 7.36. The first-order valence-electron chi connectivity index (χ1n) is 6.60. The number of halogens is 3. The molecule has 2 aromatic rings. The van der Waals surface area contributed by atoms with Gasteiger partial charge in [0.25, 0.3) is 0 Å². The van der Waals surface area contributed by atoms with Crippen LogP contribution in [0.1, 0.15) is 19.4 Å². The summed E-state index contributed by atoms with van der Waals surface area (Å²) in [5.74, 6) is 0.568. The van der Waals surface area contributed by atoms with E-state index in [-0.39, 0.29) is 5.02 Å². The van der Waals surface area contributed by atoms with Crippen molar-refractivity contribution in [3.63, 3.8) is 0 Å². The first-order chi connectivity index (χ1) is 9.95. The molecule has 0 spiro atoms. The molecule has 0 unspecified atom stereocenters. The maximum atomic E-state index is 13.1. The number of nitrogens with one attached hydrogen (secondary N) is 1. The van der Waals surface area contributed by atoms with Crippen LogP contribution < -0.4 is 10.1 Å². The highest BCUT2D eigenvalue weighted by Gasteiger charge is 2.06. The van der Waals surface area contributed by atoms with Crippen LogP contribution >= 0.6 is 23.2 Å². The van der Waals surface area contributed by atoms with Gasteiger partial charge in [0, 0.05) is 23.7 Å². The molecule has 0 radical (unpaired) electrons. The van der Waals surface area contributed by atoms with E-state index in [1.807, 2.05) is 12.1 Å². The summed E-state index contributed by atoms with van der Waals surface area (Å²) >= 11 is 11.9. The average molecular weight is 328 g/mol. The summed E-state index contributed by atoms with van der Waals surface area (Å²) in [6.45, 7) is 4.84. The quantitative estimate of drug-likeness (QED) is 0.791. The number of hydrogen-bond donors (Lipinski definition) is 1. The molecule has 5 heteroatoms. The van der Waals surface area contributed by atoms with E-state index in [0.717, 1.165) is 5.56 Å². The molecule has 0 aromatic heterocycles. The summed E-state index contributed by atoms with van der Waals surface area (Å²) in [5.41, 5.74) is 0.995. The smallest absolute Gasteiger partial charge is 0.142 e. The van der Waals surface area contributed by atoms with Gasteiger partial charge in [-0.1, -0.05) is 43.1 Å². The van der Waals surface area contributed by atoms with Gasteiger partial charge in [-0.15, -0.1) is 0 Å². The maximum Gasteiger partial charge on any atom is 0.142 e. The van der Waals surface area contributed by atoms with Crippen molar-refractivity contribution in [3.8, 4) is 11.5 Å². The van der Waals surface area contributed by atoms with Crippen LogP contribution in [0.4, 0.5) is 4.39 Å². The number of benzene rings is 2. The molecule has 2 nitrogen and oxygen atoms in total. The van der Waals surface area contributed by atoms with Crippen molar-refractivity contribution in [2.24, 2.45) is 0 Å². The van der Waals surface area contributed by atoms with Gasteiger partial charge >= 0.3 is 0 Å². The predicted octanol–water partition coefficient (Wildman–Crippen LogP) is 5.42. The topological polar surface area (TPSA) is 21.3 Å². The lowest BCUT2D eigenvalue weighted by molar-refractivity contribution is 0.480. The first kappa shape index (κ1) is 16.1. The van der Waals surface area contributed by atoms with Crippen molar-refractivity contribution in [1.82, 2.24) is 5.32 Å². The van der Waals surface area contributed by atoms with Crippen LogP contribution in [0.25, 0.3) is 0 Å². The minimum Gasteiger partial charge on any atom is -0.457 e. The lowest BCUT2D eigenvalue weighted by Gasteiger charge is -2.11. The second kappa shape index (κ2) is 7.12. The summed E-state index contributed by atoms with van der Waals surface area (Å²) in [4.78, 5) is 0. The Hall–Kier alpha value is -1.29. The van der Waals surface area contributed by atoms with Crippen molar-refractivity contribution in [2.75, 3.05) is 0 Å². The highest BCUT2D eigenvalue weighted by molar-refractivity contribution is 6.31. The molecule has 0 heterocycles. The standard InChI is InChI=1S/C16H16Cl2FNO/c1-10(2)20-9-11-3-4-12(7-14(11)17)21-13-5-6-16(19)15(18)8-13/h3-8,10,20H,9H2,1-2H3. The molecule has 0 saturated carbocycles. The molecular formula is C16H16Cl2FNO. The Morgan fingerprint density at radius 2 is 1.67 bits per heavy atom. The van der Waals surface area contributed by atoms with Crippen LogP contribution in [0.5, 0.6) is 11.5 Å². The van der Waals surface area contributed by atoms with Gasteiger partial charge in [-0.25, -0.2) is 4.39 Å². The normalized spacial score (nSPS) is 11.0. The van der Waals surface area contributed by atoms with E-state index in [2.05, 4.69) is 19.2 Å². The van der Waals surface area contributed by atoms with Gasteiger partial charge in [0.1, 0.15) is 17.3 Å². The highest BCUT2D eigenvalue weighted by atomic mass is 35.5. The van der Waals surface area contributed by atoms with Gasteiger partial charge in [0.15, 0.2) is 0 Å². The van der Waals surface area contributed by atoms with Crippen molar-refractivity contribution < 1.29 is 9.13 Å². The Labute approximate surface area is 133 Å². The zero-order valence-corrected chi connectivity index (χ0v) is 13.3. The van der Waals surface area contributed by atoms with Crippen LogP contribution in [0.3, 0.4) is 0 Å². The van der Waals surface area contributed by atoms with Crippen molar-refractivity contribution >= 4 is 23.2 Å². The van der Waals surface area contributed by atoms with Crippen LogP contribution in [-0.4, -0.2) is 6.04 Å². The molecule has 1 N–H and O–H groups in total. The fraction of sp³-hybridized carbons (Fsp3) is 0.250. The SMILES string of the molecule is CC(C)NCc1ccc(Oc2ccc(F)c(Cl)c2)cc1Cl. The van der Waals surface area contributed by atoms with E-state index in [1.54, 1.807) is 6.07 Å². The molecule has 0 aliphatic rings. The third-order valence-electron chi connectivity index (χ3n) is 2.85. The molecular weight excluding hydrogens is 312 g/mol. The van der Waals surface area contributed by atoms with E-state index in [4.69, 9.17) is 27.9 Å². The molecule has 0 saturated heterocycles. The summed E-state index contributed by atoms with van der Waals surface area (Å²) in [7, 11) is 0. The Balaban J connectivity index is 2.10. The summed E-state index contributed by atoms with van der Waals surface area (Å²) in [5, 5.41) is 3.94. The van der Waals surface area contributed by atoms with Crippen LogP contribution in [-0.2, 0) is 6.54 Å². The molecule has 0 aliphatic heterocycles.